The molecule has 30 heavy (non-hydrogen) atoms. The molecule has 1 aromatic heterocycles. The zero-order valence-electron chi connectivity index (χ0n) is 17.3. The van der Waals surface area contributed by atoms with Crippen LogP contribution in [0.15, 0.2) is 66.0 Å². The quantitative estimate of drug-likeness (QED) is 0.539. The van der Waals surface area contributed by atoms with Crippen LogP contribution in [0.25, 0.3) is 0 Å². The predicted molar refractivity (Wildman–Crippen MR) is 120 cm³/mol. The second-order valence-electron chi connectivity index (χ2n) is 7.29. The average molecular weight is 423 g/mol. The van der Waals surface area contributed by atoms with E-state index in [9.17, 15) is 9.59 Å². The monoisotopic (exact) mass is 422 g/mol. The van der Waals surface area contributed by atoms with Crippen LogP contribution < -0.4 is 15.4 Å². The molecule has 0 spiro atoms. The van der Waals surface area contributed by atoms with Crippen LogP contribution >= 0.6 is 11.3 Å². The molecule has 0 saturated carbocycles. The van der Waals surface area contributed by atoms with E-state index in [-0.39, 0.29) is 24.0 Å². The van der Waals surface area contributed by atoms with Crippen molar-refractivity contribution in [3.8, 4) is 5.75 Å². The molecule has 2 N–H and O–H groups in total. The lowest BCUT2D eigenvalue weighted by Gasteiger charge is -2.16. The Balaban J connectivity index is 1.53. The standard InChI is InChI=1S/C24H26N2O3S/c1-16(2)29-21-12-10-19(11-13-21)17(3)26-23(27)20-8-6-18(7-9-20)15-25-24(28)22-5-4-14-30-22/h4-14,16-17H,15H2,1-3H3,(H,25,28)(H,26,27). The zero-order valence-corrected chi connectivity index (χ0v) is 18.2. The Kier molecular flexibility index (Phi) is 7.25. The molecule has 0 bridgehead atoms. The highest BCUT2D eigenvalue weighted by Gasteiger charge is 2.12. The van der Waals surface area contributed by atoms with E-state index in [1.165, 1.54) is 11.3 Å². The maximum atomic E-state index is 12.6. The summed E-state index contributed by atoms with van der Waals surface area (Å²) < 4.78 is 5.65. The van der Waals surface area contributed by atoms with Crippen LogP contribution in [0.1, 0.15) is 58.0 Å². The van der Waals surface area contributed by atoms with Crippen LogP contribution in [0, 0.1) is 0 Å². The molecule has 2 aromatic carbocycles. The highest BCUT2D eigenvalue weighted by atomic mass is 32.1. The van der Waals surface area contributed by atoms with Gasteiger partial charge in [-0.3, -0.25) is 9.59 Å². The highest BCUT2D eigenvalue weighted by molar-refractivity contribution is 7.12. The van der Waals surface area contributed by atoms with Crippen LogP contribution in [-0.2, 0) is 6.54 Å². The van der Waals surface area contributed by atoms with Gasteiger partial charge in [0, 0.05) is 12.1 Å². The van der Waals surface area contributed by atoms with Gasteiger partial charge in [-0.05, 0) is 67.6 Å². The number of ether oxygens (including phenoxy) is 1. The van der Waals surface area contributed by atoms with Gasteiger partial charge in [0.15, 0.2) is 0 Å². The Morgan fingerprint density at radius 1 is 0.933 bits per heavy atom. The number of hydrogen-bond donors (Lipinski definition) is 2. The maximum Gasteiger partial charge on any atom is 0.261 e. The van der Waals surface area contributed by atoms with E-state index >= 15 is 0 Å². The van der Waals surface area contributed by atoms with Crippen molar-refractivity contribution in [1.29, 1.82) is 0 Å². The van der Waals surface area contributed by atoms with Gasteiger partial charge in [-0.15, -0.1) is 11.3 Å². The van der Waals surface area contributed by atoms with Crippen molar-refractivity contribution in [3.05, 3.63) is 87.6 Å². The van der Waals surface area contributed by atoms with Gasteiger partial charge in [0.2, 0.25) is 0 Å². The van der Waals surface area contributed by atoms with Crippen LogP contribution in [0.3, 0.4) is 0 Å². The van der Waals surface area contributed by atoms with Crippen LogP contribution in [0.5, 0.6) is 5.75 Å². The fourth-order valence-corrected chi connectivity index (χ4v) is 3.56. The average Bonchev–Trinajstić information content (AvgIpc) is 3.27. The number of thiophene rings is 1. The molecule has 5 nitrogen and oxygen atoms in total. The van der Waals surface area contributed by atoms with Crippen molar-refractivity contribution in [2.75, 3.05) is 0 Å². The third-order valence-corrected chi connectivity index (χ3v) is 5.38. The summed E-state index contributed by atoms with van der Waals surface area (Å²) >= 11 is 1.41. The lowest BCUT2D eigenvalue weighted by molar-refractivity contribution is 0.0935. The lowest BCUT2D eigenvalue weighted by Crippen LogP contribution is -2.26. The Labute approximate surface area is 181 Å². The molecule has 0 aliphatic rings. The summed E-state index contributed by atoms with van der Waals surface area (Å²) in [5.41, 5.74) is 2.52. The van der Waals surface area contributed by atoms with E-state index in [1.807, 2.05) is 68.6 Å². The molecule has 1 heterocycles. The third kappa shape index (κ3) is 5.94. The molecule has 1 atom stereocenters. The molecule has 0 aliphatic carbocycles. The van der Waals surface area contributed by atoms with Crippen LogP contribution in [0.2, 0.25) is 0 Å². The number of benzene rings is 2. The van der Waals surface area contributed by atoms with E-state index in [2.05, 4.69) is 10.6 Å². The fraction of sp³-hybridized carbons (Fsp3) is 0.250. The molecule has 1 unspecified atom stereocenters. The molecule has 2 amide bonds. The number of nitrogens with one attached hydrogen (secondary N) is 2. The largest absolute Gasteiger partial charge is 0.491 e. The van der Waals surface area contributed by atoms with E-state index in [0.717, 1.165) is 16.9 Å². The van der Waals surface area contributed by atoms with Crippen molar-refractivity contribution in [3.63, 3.8) is 0 Å². The van der Waals surface area contributed by atoms with Gasteiger partial charge < -0.3 is 15.4 Å². The summed E-state index contributed by atoms with van der Waals surface area (Å²) in [6.45, 7) is 6.34. The minimum atomic E-state index is -0.140. The lowest BCUT2D eigenvalue weighted by atomic mass is 10.1. The predicted octanol–water partition coefficient (Wildman–Crippen LogP) is 4.96. The summed E-state index contributed by atoms with van der Waals surface area (Å²) in [6, 6.07) is 18.5. The topological polar surface area (TPSA) is 67.4 Å². The van der Waals surface area contributed by atoms with Crippen molar-refractivity contribution >= 4 is 23.2 Å². The van der Waals surface area contributed by atoms with Crippen molar-refractivity contribution < 1.29 is 14.3 Å². The van der Waals surface area contributed by atoms with Gasteiger partial charge in [-0.25, -0.2) is 0 Å². The summed E-state index contributed by atoms with van der Waals surface area (Å²) in [5.74, 6) is 0.582. The molecule has 6 heteroatoms. The summed E-state index contributed by atoms with van der Waals surface area (Å²) in [5, 5.41) is 7.77. The van der Waals surface area contributed by atoms with Crippen LogP contribution in [0.4, 0.5) is 0 Å². The minimum absolute atomic E-state index is 0.0922. The van der Waals surface area contributed by atoms with Gasteiger partial charge >= 0.3 is 0 Å². The van der Waals surface area contributed by atoms with Gasteiger partial charge in [-0.2, -0.15) is 0 Å². The second kappa shape index (κ2) is 10.1. The molecule has 0 radical (unpaired) electrons. The number of rotatable bonds is 8. The first kappa shape index (κ1) is 21.6. The Bertz CT molecular complexity index is 965. The van der Waals surface area contributed by atoms with Gasteiger partial charge in [0.25, 0.3) is 11.8 Å². The first-order chi connectivity index (χ1) is 14.4. The smallest absolute Gasteiger partial charge is 0.261 e. The Morgan fingerprint density at radius 2 is 1.63 bits per heavy atom. The first-order valence-electron chi connectivity index (χ1n) is 9.90. The van der Waals surface area contributed by atoms with E-state index in [1.54, 1.807) is 18.2 Å². The molecule has 0 aliphatic heterocycles. The molecular formula is C24H26N2O3S. The number of carbonyl (C=O) groups excluding carboxylic acids is 2. The Hall–Kier alpha value is -3.12. The molecule has 0 fully saturated rings. The van der Waals surface area contributed by atoms with E-state index in [4.69, 9.17) is 4.74 Å². The fourth-order valence-electron chi connectivity index (χ4n) is 2.92. The summed E-state index contributed by atoms with van der Waals surface area (Å²) in [4.78, 5) is 25.3. The zero-order chi connectivity index (χ0) is 21.5. The number of amides is 2. The number of hydrogen-bond acceptors (Lipinski definition) is 4. The van der Waals surface area contributed by atoms with Crippen molar-refractivity contribution in [1.82, 2.24) is 10.6 Å². The highest BCUT2D eigenvalue weighted by Crippen LogP contribution is 2.19. The summed E-state index contributed by atoms with van der Waals surface area (Å²) in [7, 11) is 0. The minimum Gasteiger partial charge on any atom is -0.491 e. The normalized spacial score (nSPS) is 11.7. The van der Waals surface area contributed by atoms with E-state index < -0.39 is 0 Å². The van der Waals surface area contributed by atoms with Gasteiger partial charge in [0.1, 0.15) is 5.75 Å². The molecule has 0 saturated heterocycles. The molecule has 3 rings (SSSR count). The second-order valence-corrected chi connectivity index (χ2v) is 8.24. The van der Waals surface area contributed by atoms with Crippen molar-refractivity contribution in [2.24, 2.45) is 0 Å². The molecule has 3 aromatic rings. The number of carbonyl (C=O) groups is 2. The molecular weight excluding hydrogens is 396 g/mol. The summed E-state index contributed by atoms with van der Waals surface area (Å²) in [6.07, 6.45) is 0.125. The van der Waals surface area contributed by atoms with Crippen LogP contribution in [-0.4, -0.2) is 17.9 Å². The van der Waals surface area contributed by atoms with Gasteiger partial charge in [0.05, 0.1) is 17.0 Å². The molecule has 156 valence electrons. The van der Waals surface area contributed by atoms with E-state index in [0.29, 0.717) is 17.0 Å². The van der Waals surface area contributed by atoms with Crippen molar-refractivity contribution in [2.45, 2.75) is 39.5 Å². The van der Waals surface area contributed by atoms with Gasteiger partial charge in [-0.1, -0.05) is 30.3 Å². The Morgan fingerprint density at radius 3 is 2.23 bits per heavy atom. The third-order valence-electron chi connectivity index (χ3n) is 4.51. The SMILES string of the molecule is CC(C)Oc1ccc(C(C)NC(=O)c2ccc(CNC(=O)c3cccs3)cc2)cc1. The maximum absolute atomic E-state index is 12.6. The first-order valence-corrected chi connectivity index (χ1v) is 10.8.